The van der Waals surface area contributed by atoms with Gasteiger partial charge in [0.1, 0.15) is 17.1 Å². The third-order valence-corrected chi connectivity index (χ3v) is 6.05. The molecular formula is C28H24FNO6. The number of benzene rings is 3. The van der Waals surface area contributed by atoms with Crippen molar-refractivity contribution in [1.82, 2.24) is 0 Å². The molecule has 4 aromatic rings. The van der Waals surface area contributed by atoms with Gasteiger partial charge in [-0.3, -0.25) is 14.5 Å². The molecule has 0 aliphatic carbocycles. The van der Waals surface area contributed by atoms with Gasteiger partial charge >= 0.3 is 0 Å². The van der Waals surface area contributed by atoms with Crippen LogP contribution >= 0.6 is 0 Å². The Bertz CT molecular complexity index is 1530. The average Bonchev–Trinajstić information content (AvgIpc) is 3.18. The van der Waals surface area contributed by atoms with E-state index < -0.39 is 23.2 Å². The van der Waals surface area contributed by atoms with Crippen molar-refractivity contribution in [1.29, 1.82) is 0 Å². The van der Waals surface area contributed by atoms with E-state index >= 15 is 0 Å². The average molecular weight is 489 g/mol. The molecular weight excluding hydrogens is 465 g/mol. The third kappa shape index (κ3) is 3.84. The lowest BCUT2D eigenvalue weighted by molar-refractivity contribution is 0.0971. The number of hydrogen-bond acceptors (Lipinski definition) is 6. The van der Waals surface area contributed by atoms with Crippen molar-refractivity contribution < 1.29 is 27.8 Å². The quantitative estimate of drug-likeness (QED) is 0.342. The highest BCUT2D eigenvalue weighted by Crippen LogP contribution is 2.44. The van der Waals surface area contributed by atoms with Gasteiger partial charge < -0.3 is 18.6 Å². The predicted molar refractivity (Wildman–Crippen MR) is 133 cm³/mol. The summed E-state index contributed by atoms with van der Waals surface area (Å²) >= 11 is 0. The zero-order chi connectivity index (χ0) is 25.4. The lowest BCUT2D eigenvalue weighted by Crippen LogP contribution is -2.29. The van der Waals surface area contributed by atoms with Gasteiger partial charge in [0.2, 0.25) is 5.76 Å². The maximum absolute atomic E-state index is 14.0. The molecule has 0 radical (unpaired) electrons. The number of amides is 1. The van der Waals surface area contributed by atoms with Crippen molar-refractivity contribution in [3.05, 3.63) is 93.6 Å². The van der Waals surface area contributed by atoms with Gasteiger partial charge in [-0.1, -0.05) is 12.1 Å². The van der Waals surface area contributed by atoms with Crippen LogP contribution in [0, 0.1) is 5.82 Å². The molecule has 0 fully saturated rings. The van der Waals surface area contributed by atoms with Gasteiger partial charge in [0.05, 0.1) is 37.3 Å². The first-order valence-electron chi connectivity index (χ1n) is 11.6. The molecule has 5 rings (SSSR count). The van der Waals surface area contributed by atoms with Crippen LogP contribution in [0.1, 0.15) is 41.6 Å². The molecule has 0 spiro atoms. The van der Waals surface area contributed by atoms with Crippen LogP contribution in [0.3, 0.4) is 0 Å². The van der Waals surface area contributed by atoms with Crippen molar-refractivity contribution in [2.24, 2.45) is 0 Å². The number of fused-ring (bicyclic) bond motifs is 2. The van der Waals surface area contributed by atoms with Crippen molar-refractivity contribution in [3.8, 4) is 17.2 Å². The zero-order valence-corrected chi connectivity index (χ0v) is 20.0. The predicted octanol–water partition coefficient (Wildman–Crippen LogP) is 5.49. The standard InChI is InChI=1S/C28H24FNO6/c1-4-34-22-11-9-16(13-23(22)35-5-2)25-24-26(31)20-14-17(29)10-12-21(20)36-27(24)28(32)30(25)18-7-6-8-19(15-18)33-3/h6-15,25H,4-5H2,1-3H3. The summed E-state index contributed by atoms with van der Waals surface area (Å²) in [5.74, 6) is 0.438. The maximum atomic E-state index is 14.0. The van der Waals surface area contributed by atoms with Crippen LogP contribution in [0.5, 0.6) is 17.2 Å². The van der Waals surface area contributed by atoms with Crippen LogP contribution < -0.4 is 24.5 Å². The van der Waals surface area contributed by atoms with E-state index in [0.717, 1.165) is 6.07 Å². The number of carbonyl (C=O) groups is 1. The number of halogens is 1. The van der Waals surface area contributed by atoms with Gasteiger partial charge in [-0.25, -0.2) is 4.39 Å². The topological polar surface area (TPSA) is 78.2 Å². The SMILES string of the molecule is CCOc1ccc(C2c3c(oc4ccc(F)cc4c3=O)C(=O)N2c2cccc(OC)c2)cc1OCC. The Morgan fingerprint density at radius 1 is 0.944 bits per heavy atom. The number of carbonyl (C=O) groups excluding carboxylic acids is 1. The number of methoxy groups -OCH3 is 1. The molecule has 8 heteroatoms. The fraction of sp³-hybridized carbons (Fsp3) is 0.214. The van der Waals surface area contributed by atoms with Gasteiger partial charge in [-0.15, -0.1) is 0 Å². The van der Waals surface area contributed by atoms with Gasteiger partial charge in [-0.2, -0.15) is 0 Å². The summed E-state index contributed by atoms with van der Waals surface area (Å²) in [5.41, 5.74) is 0.924. The summed E-state index contributed by atoms with van der Waals surface area (Å²) in [6.07, 6.45) is 0. The molecule has 0 N–H and O–H groups in total. The van der Waals surface area contributed by atoms with E-state index in [1.165, 1.54) is 24.1 Å². The highest BCUT2D eigenvalue weighted by Gasteiger charge is 2.44. The second-order valence-corrected chi connectivity index (χ2v) is 8.17. The minimum atomic E-state index is -0.849. The Morgan fingerprint density at radius 2 is 1.72 bits per heavy atom. The molecule has 1 amide bonds. The second-order valence-electron chi connectivity index (χ2n) is 8.17. The number of ether oxygens (including phenoxy) is 3. The molecule has 1 aliphatic rings. The monoisotopic (exact) mass is 489 g/mol. The number of hydrogen-bond donors (Lipinski definition) is 0. The lowest BCUT2D eigenvalue weighted by Gasteiger charge is -2.26. The lowest BCUT2D eigenvalue weighted by atomic mass is 9.97. The smallest absolute Gasteiger partial charge is 0.295 e. The highest BCUT2D eigenvalue weighted by atomic mass is 19.1. The molecule has 2 heterocycles. The minimum absolute atomic E-state index is 0.0648. The fourth-order valence-electron chi connectivity index (χ4n) is 4.52. The number of nitrogens with zero attached hydrogens (tertiary/aromatic N) is 1. The summed E-state index contributed by atoms with van der Waals surface area (Å²) in [4.78, 5) is 28.9. The van der Waals surface area contributed by atoms with Crippen LogP contribution in [0.15, 0.2) is 69.9 Å². The highest BCUT2D eigenvalue weighted by molar-refractivity contribution is 6.10. The summed E-state index contributed by atoms with van der Waals surface area (Å²) in [7, 11) is 1.53. The molecule has 184 valence electrons. The third-order valence-electron chi connectivity index (χ3n) is 6.05. The van der Waals surface area contributed by atoms with Crippen LogP contribution in [-0.4, -0.2) is 26.2 Å². The van der Waals surface area contributed by atoms with Crippen molar-refractivity contribution in [3.63, 3.8) is 0 Å². The molecule has 0 saturated heterocycles. The first-order chi connectivity index (χ1) is 17.5. The molecule has 1 unspecified atom stereocenters. The van der Waals surface area contributed by atoms with Crippen molar-refractivity contribution in [2.75, 3.05) is 25.2 Å². The second kappa shape index (κ2) is 9.37. The molecule has 1 aromatic heterocycles. The first kappa shape index (κ1) is 23.4. The van der Waals surface area contributed by atoms with Crippen LogP contribution in [0.4, 0.5) is 10.1 Å². The Hall–Kier alpha value is -4.33. The molecule has 0 bridgehead atoms. The van der Waals surface area contributed by atoms with E-state index in [2.05, 4.69) is 0 Å². The molecule has 36 heavy (non-hydrogen) atoms. The largest absolute Gasteiger partial charge is 0.497 e. The number of rotatable bonds is 7. The van der Waals surface area contributed by atoms with Gasteiger partial charge in [0, 0.05) is 11.8 Å². The van der Waals surface area contributed by atoms with Crippen molar-refractivity contribution >= 4 is 22.6 Å². The minimum Gasteiger partial charge on any atom is -0.497 e. The summed E-state index contributed by atoms with van der Waals surface area (Å²) in [6, 6.07) is 15.1. The molecule has 1 aliphatic heterocycles. The normalized spacial score (nSPS) is 14.7. The molecule has 0 saturated carbocycles. The van der Waals surface area contributed by atoms with Crippen LogP contribution in [0.25, 0.3) is 11.0 Å². The van der Waals surface area contributed by atoms with E-state index in [1.54, 1.807) is 42.5 Å². The van der Waals surface area contributed by atoms with Gasteiger partial charge in [0.15, 0.2) is 16.9 Å². The van der Waals surface area contributed by atoms with Crippen LogP contribution in [0.2, 0.25) is 0 Å². The summed E-state index contributed by atoms with van der Waals surface area (Å²) < 4.78 is 36.8. The van der Waals surface area contributed by atoms with E-state index in [1.807, 2.05) is 13.8 Å². The maximum Gasteiger partial charge on any atom is 0.295 e. The Kier molecular flexibility index (Phi) is 6.10. The van der Waals surface area contributed by atoms with Gasteiger partial charge in [-0.05, 0) is 61.9 Å². The van der Waals surface area contributed by atoms with Crippen molar-refractivity contribution in [2.45, 2.75) is 19.9 Å². The number of anilines is 1. The summed E-state index contributed by atoms with van der Waals surface area (Å²) in [6.45, 7) is 4.57. The first-order valence-corrected chi connectivity index (χ1v) is 11.6. The Morgan fingerprint density at radius 3 is 2.47 bits per heavy atom. The van der Waals surface area contributed by atoms with E-state index in [0.29, 0.717) is 41.7 Å². The molecule has 1 atom stereocenters. The van der Waals surface area contributed by atoms with Crippen LogP contribution in [-0.2, 0) is 0 Å². The van der Waals surface area contributed by atoms with E-state index in [-0.39, 0.29) is 22.3 Å². The Labute approximate surface area is 206 Å². The summed E-state index contributed by atoms with van der Waals surface area (Å²) in [5, 5.41) is 0.0648. The van der Waals surface area contributed by atoms with E-state index in [4.69, 9.17) is 18.6 Å². The van der Waals surface area contributed by atoms with Gasteiger partial charge in [0.25, 0.3) is 5.91 Å². The molecule has 3 aromatic carbocycles. The van der Waals surface area contributed by atoms with E-state index in [9.17, 15) is 14.0 Å². The molecule has 7 nitrogen and oxygen atoms in total. The Balaban J connectivity index is 1.78. The fourth-order valence-corrected chi connectivity index (χ4v) is 4.52. The zero-order valence-electron chi connectivity index (χ0n) is 20.0.